The van der Waals surface area contributed by atoms with Crippen LogP contribution in [-0.2, 0) is 11.2 Å². The number of carboxylic acids is 1. The zero-order chi connectivity index (χ0) is 12.0. The van der Waals surface area contributed by atoms with Crippen molar-refractivity contribution in [3.63, 3.8) is 0 Å². The number of aliphatic carboxylic acids is 1. The minimum atomic E-state index is -0.688. The van der Waals surface area contributed by atoms with Crippen LogP contribution in [-0.4, -0.2) is 11.1 Å². The van der Waals surface area contributed by atoms with Crippen LogP contribution < -0.4 is 0 Å². The molecule has 88 valence electrons. The third-order valence-corrected chi connectivity index (χ3v) is 2.84. The Morgan fingerprint density at radius 3 is 2.62 bits per heavy atom. The van der Waals surface area contributed by atoms with E-state index < -0.39 is 5.97 Å². The molecule has 0 aliphatic carbocycles. The molecule has 0 spiro atoms. The lowest BCUT2D eigenvalue weighted by Gasteiger charge is -2.06. The Labute approximate surface area is 97.3 Å². The fraction of sp³-hybridized carbons (Fsp3) is 0.500. The minimum absolute atomic E-state index is 0.298. The van der Waals surface area contributed by atoms with Crippen LogP contribution in [0.15, 0.2) is 18.2 Å². The van der Waals surface area contributed by atoms with Crippen molar-refractivity contribution in [3.8, 4) is 0 Å². The molecule has 0 saturated heterocycles. The molecule has 0 aromatic heterocycles. The van der Waals surface area contributed by atoms with Gasteiger partial charge in [0.15, 0.2) is 0 Å². The van der Waals surface area contributed by atoms with E-state index in [1.165, 1.54) is 16.7 Å². The van der Waals surface area contributed by atoms with Crippen molar-refractivity contribution < 1.29 is 9.90 Å². The molecule has 0 unspecified atom stereocenters. The lowest BCUT2D eigenvalue weighted by molar-refractivity contribution is -0.137. The van der Waals surface area contributed by atoms with Gasteiger partial charge in [-0.05, 0) is 44.2 Å². The lowest BCUT2D eigenvalue weighted by Crippen LogP contribution is -1.95. The maximum Gasteiger partial charge on any atom is 0.303 e. The Kier molecular flexibility index (Phi) is 5.03. The molecule has 2 heteroatoms. The Hall–Kier alpha value is -1.31. The van der Waals surface area contributed by atoms with E-state index in [4.69, 9.17) is 5.11 Å². The minimum Gasteiger partial charge on any atom is -0.481 e. The summed E-state index contributed by atoms with van der Waals surface area (Å²) in [6, 6.07) is 6.51. The summed E-state index contributed by atoms with van der Waals surface area (Å²) in [6.07, 6.45) is 4.23. The van der Waals surface area contributed by atoms with Crippen molar-refractivity contribution >= 4 is 5.97 Å². The van der Waals surface area contributed by atoms with E-state index in [2.05, 4.69) is 32.0 Å². The molecule has 1 aromatic carbocycles. The first-order valence-electron chi connectivity index (χ1n) is 5.87. The van der Waals surface area contributed by atoms with Crippen LogP contribution in [0.5, 0.6) is 0 Å². The molecule has 0 aliphatic heterocycles. The predicted molar refractivity (Wildman–Crippen MR) is 65.7 cm³/mol. The van der Waals surface area contributed by atoms with E-state index in [1.807, 2.05) is 0 Å². The summed E-state index contributed by atoms with van der Waals surface area (Å²) in [5.41, 5.74) is 4.03. The predicted octanol–water partition coefficient (Wildman–Crippen LogP) is 3.49. The number of carbonyl (C=O) groups is 1. The monoisotopic (exact) mass is 220 g/mol. The van der Waals surface area contributed by atoms with Crippen molar-refractivity contribution in [2.45, 2.75) is 46.0 Å². The van der Waals surface area contributed by atoms with E-state index in [-0.39, 0.29) is 0 Å². The van der Waals surface area contributed by atoms with Crippen LogP contribution in [0.3, 0.4) is 0 Å². The average molecular weight is 220 g/mol. The van der Waals surface area contributed by atoms with Crippen LogP contribution >= 0.6 is 0 Å². The quantitative estimate of drug-likeness (QED) is 0.745. The zero-order valence-corrected chi connectivity index (χ0v) is 10.1. The number of rotatable bonds is 6. The van der Waals surface area contributed by atoms with Gasteiger partial charge in [0, 0.05) is 6.42 Å². The molecule has 1 N–H and O–H groups in total. The fourth-order valence-corrected chi connectivity index (χ4v) is 1.84. The Balaban J connectivity index is 2.31. The van der Waals surface area contributed by atoms with Gasteiger partial charge in [-0.2, -0.15) is 0 Å². The summed E-state index contributed by atoms with van der Waals surface area (Å²) >= 11 is 0. The highest BCUT2D eigenvalue weighted by molar-refractivity contribution is 5.66. The molecular weight excluding hydrogens is 200 g/mol. The topological polar surface area (TPSA) is 37.3 Å². The molecule has 0 fully saturated rings. The van der Waals surface area contributed by atoms with E-state index in [9.17, 15) is 4.79 Å². The highest BCUT2D eigenvalue weighted by Gasteiger charge is 2.00. The first-order chi connectivity index (χ1) is 7.59. The van der Waals surface area contributed by atoms with Gasteiger partial charge in [0.25, 0.3) is 0 Å². The maximum atomic E-state index is 10.3. The molecule has 0 radical (unpaired) electrons. The first-order valence-corrected chi connectivity index (χ1v) is 5.87. The van der Waals surface area contributed by atoms with Gasteiger partial charge in [0.1, 0.15) is 0 Å². The molecule has 0 atom stereocenters. The second-order valence-corrected chi connectivity index (χ2v) is 4.38. The number of hydrogen-bond acceptors (Lipinski definition) is 1. The summed E-state index contributed by atoms with van der Waals surface area (Å²) < 4.78 is 0. The van der Waals surface area contributed by atoms with Gasteiger partial charge in [0.2, 0.25) is 0 Å². The molecular formula is C14H20O2. The van der Waals surface area contributed by atoms with Crippen molar-refractivity contribution in [3.05, 3.63) is 34.9 Å². The summed E-state index contributed by atoms with van der Waals surface area (Å²) in [5, 5.41) is 8.51. The molecule has 2 nitrogen and oxygen atoms in total. The van der Waals surface area contributed by atoms with Crippen LogP contribution in [0.2, 0.25) is 0 Å². The number of benzene rings is 1. The van der Waals surface area contributed by atoms with Gasteiger partial charge < -0.3 is 5.11 Å². The summed E-state index contributed by atoms with van der Waals surface area (Å²) in [4.78, 5) is 10.3. The molecule has 0 bridgehead atoms. The molecule has 0 heterocycles. The smallest absolute Gasteiger partial charge is 0.303 e. The normalized spacial score (nSPS) is 10.4. The second kappa shape index (κ2) is 6.31. The Bertz CT molecular complexity index is 356. The standard InChI is InChI=1S/C14H20O2/c1-11-8-9-12(2)13(10-11)6-4-3-5-7-14(15)16/h8-10H,3-7H2,1-2H3,(H,15,16). The Morgan fingerprint density at radius 2 is 1.94 bits per heavy atom. The summed E-state index contributed by atoms with van der Waals surface area (Å²) in [7, 11) is 0. The second-order valence-electron chi connectivity index (χ2n) is 4.38. The third-order valence-electron chi connectivity index (χ3n) is 2.84. The highest BCUT2D eigenvalue weighted by atomic mass is 16.4. The SMILES string of the molecule is Cc1ccc(C)c(CCCCCC(=O)O)c1. The molecule has 16 heavy (non-hydrogen) atoms. The fourth-order valence-electron chi connectivity index (χ4n) is 1.84. The number of carboxylic acid groups (broad SMARTS) is 1. The lowest BCUT2D eigenvalue weighted by atomic mass is 10.00. The number of hydrogen-bond donors (Lipinski definition) is 1. The molecule has 0 aliphatic rings. The van der Waals surface area contributed by atoms with Crippen molar-refractivity contribution in [1.82, 2.24) is 0 Å². The van der Waals surface area contributed by atoms with Gasteiger partial charge in [-0.25, -0.2) is 0 Å². The van der Waals surface area contributed by atoms with Gasteiger partial charge in [-0.1, -0.05) is 30.2 Å². The molecule has 1 rings (SSSR count). The van der Waals surface area contributed by atoms with Gasteiger partial charge in [-0.3, -0.25) is 4.79 Å². The van der Waals surface area contributed by atoms with Crippen molar-refractivity contribution in [2.24, 2.45) is 0 Å². The third kappa shape index (κ3) is 4.47. The van der Waals surface area contributed by atoms with E-state index in [1.54, 1.807) is 0 Å². The molecule has 0 saturated carbocycles. The highest BCUT2D eigenvalue weighted by Crippen LogP contribution is 2.14. The van der Waals surface area contributed by atoms with Crippen molar-refractivity contribution in [2.75, 3.05) is 0 Å². The molecule has 0 amide bonds. The van der Waals surface area contributed by atoms with Crippen LogP contribution in [0.25, 0.3) is 0 Å². The van der Waals surface area contributed by atoms with Crippen molar-refractivity contribution in [1.29, 1.82) is 0 Å². The van der Waals surface area contributed by atoms with Gasteiger partial charge in [-0.15, -0.1) is 0 Å². The number of unbranched alkanes of at least 4 members (excludes halogenated alkanes) is 2. The van der Waals surface area contributed by atoms with E-state index in [0.29, 0.717) is 6.42 Å². The Morgan fingerprint density at radius 1 is 1.19 bits per heavy atom. The summed E-state index contributed by atoms with van der Waals surface area (Å²) in [5.74, 6) is -0.688. The maximum absolute atomic E-state index is 10.3. The zero-order valence-electron chi connectivity index (χ0n) is 10.1. The van der Waals surface area contributed by atoms with Crippen LogP contribution in [0.1, 0.15) is 42.4 Å². The van der Waals surface area contributed by atoms with Gasteiger partial charge in [0.05, 0.1) is 0 Å². The van der Waals surface area contributed by atoms with Crippen LogP contribution in [0, 0.1) is 13.8 Å². The average Bonchev–Trinajstić information content (AvgIpc) is 2.22. The van der Waals surface area contributed by atoms with Gasteiger partial charge >= 0.3 is 5.97 Å². The number of aryl methyl sites for hydroxylation is 3. The van der Waals surface area contributed by atoms with E-state index in [0.717, 1.165) is 25.7 Å². The van der Waals surface area contributed by atoms with E-state index >= 15 is 0 Å². The molecule has 1 aromatic rings. The van der Waals surface area contributed by atoms with Crippen LogP contribution in [0.4, 0.5) is 0 Å². The largest absolute Gasteiger partial charge is 0.481 e. The first kappa shape index (κ1) is 12.8. The summed E-state index contributed by atoms with van der Waals surface area (Å²) in [6.45, 7) is 4.24.